The molecule has 0 saturated heterocycles. The number of thioether (sulfide) groups is 1. The lowest BCUT2D eigenvalue weighted by molar-refractivity contribution is -0.137. The Morgan fingerprint density at radius 3 is 2.44 bits per heavy atom. The molecule has 32 heavy (non-hydrogen) atoms. The molecule has 0 aliphatic carbocycles. The molecule has 0 aliphatic rings. The minimum Gasteiger partial charge on any atom is -0.452 e. The second-order valence-corrected chi connectivity index (χ2v) is 7.75. The van der Waals surface area contributed by atoms with Gasteiger partial charge in [0.25, 0.3) is 5.89 Å². The summed E-state index contributed by atoms with van der Waals surface area (Å²) in [5.74, 6) is -0.513. The average Bonchev–Trinajstić information content (AvgIpc) is 3.24. The van der Waals surface area contributed by atoms with E-state index in [1.165, 1.54) is 28.8 Å². The lowest BCUT2D eigenvalue weighted by Gasteiger charge is -2.11. The molecule has 0 bridgehead atoms. The molecule has 0 saturated carbocycles. The smallest absolute Gasteiger partial charge is 0.416 e. The normalized spacial score (nSPS) is 11.3. The molecule has 0 spiro atoms. The number of benzene rings is 2. The van der Waals surface area contributed by atoms with Crippen molar-refractivity contribution in [3.63, 3.8) is 0 Å². The summed E-state index contributed by atoms with van der Waals surface area (Å²) in [4.78, 5) is 30.4. The van der Waals surface area contributed by atoms with Crippen molar-refractivity contribution in [3.8, 4) is 11.4 Å². The molecular weight excluding hydrogens is 447 g/mol. The molecule has 0 radical (unpaired) electrons. The number of nitrogens with zero attached hydrogens (tertiary/aromatic N) is 3. The van der Waals surface area contributed by atoms with Crippen LogP contribution in [0.3, 0.4) is 0 Å². The molecule has 1 aromatic heterocycles. The van der Waals surface area contributed by atoms with Crippen LogP contribution in [0.2, 0.25) is 0 Å². The number of alkyl halides is 3. The Morgan fingerprint density at radius 1 is 1.09 bits per heavy atom. The first-order valence-corrected chi connectivity index (χ1v) is 10.2. The van der Waals surface area contributed by atoms with Crippen molar-refractivity contribution in [1.29, 1.82) is 0 Å². The second kappa shape index (κ2) is 9.86. The van der Waals surface area contributed by atoms with E-state index in [1.807, 2.05) is 0 Å². The summed E-state index contributed by atoms with van der Waals surface area (Å²) in [6.07, 6.45) is -4.44. The Kier molecular flexibility index (Phi) is 7.18. The van der Waals surface area contributed by atoms with Crippen molar-refractivity contribution in [1.82, 2.24) is 15.0 Å². The molecule has 0 atom stereocenters. The quantitative estimate of drug-likeness (QED) is 0.380. The summed E-state index contributed by atoms with van der Waals surface area (Å²) in [6.45, 7) is -0.317. The number of carbonyl (C=O) groups excluding carboxylic acids is 2. The second-order valence-electron chi connectivity index (χ2n) is 6.74. The minimum atomic E-state index is -4.44. The van der Waals surface area contributed by atoms with Crippen LogP contribution < -0.4 is 0 Å². The third kappa shape index (κ3) is 5.88. The molecule has 7 nitrogen and oxygen atoms in total. The van der Waals surface area contributed by atoms with E-state index in [4.69, 9.17) is 9.26 Å². The molecular formula is C21H18F3N3O4S. The Bertz CT molecular complexity index is 1100. The first kappa shape index (κ1) is 23.3. The predicted molar refractivity (Wildman–Crippen MR) is 110 cm³/mol. The number of aromatic nitrogens is 2. The maximum absolute atomic E-state index is 12.7. The summed E-state index contributed by atoms with van der Waals surface area (Å²) in [5.41, 5.74) is -0.180. The number of esters is 1. The van der Waals surface area contributed by atoms with E-state index in [1.54, 1.807) is 38.4 Å². The maximum atomic E-state index is 12.7. The van der Waals surface area contributed by atoms with Crippen molar-refractivity contribution < 1.29 is 32.0 Å². The van der Waals surface area contributed by atoms with Crippen LogP contribution in [-0.4, -0.2) is 46.8 Å². The summed E-state index contributed by atoms with van der Waals surface area (Å²) in [6, 6.07) is 11.0. The van der Waals surface area contributed by atoms with Crippen LogP contribution in [0, 0.1) is 0 Å². The van der Waals surface area contributed by atoms with Gasteiger partial charge in [-0.1, -0.05) is 29.4 Å². The van der Waals surface area contributed by atoms with Gasteiger partial charge in [0, 0.05) is 24.6 Å². The van der Waals surface area contributed by atoms with Gasteiger partial charge in [-0.25, -0.2) is 4.79 Å². The SMILES string of the molecule is CN(C)C(=O)CSc1ccccc1C(=O)OCc1nc(-c2ccc(C(F)(F)F)cc2)no1. The lowest BCUT2D eigenvalue weighted by atomic mass is 10.1. The van der Waals surface area contributed by atoms with Gasteiger partial charge >= 0.3 is 12.1 Å². The number of amides is 1. The van der Waals surface area contributed by atoms with Crippen LogP contribution in [0.5, 0.6) is 0 Å². The summed E-state index contributed by atoms with van der Waals surface area (Å²) in [7, 11) is 3.29. The van der Waals surface area contributed by atoms with Crippen molar-refractivity contribution >= 4 is 23.6 Å². The van der Waals surface area contributed by atoms with Crippen molar-refractivity contribution in [2.75, 3.05) is 19.8 Å². The third-order valence-electron chi connectivity index (χ3n) is 4.22. The largest absolute Gasteiger partial charge is 0.452 e. The van der Waals surface area contributed by atoms with E-state index >= 15 is 0 Å². The van der Waals surface area contributed by atoms with Gasteiger partial charge < -0.3 is 14.2 Å². The predicted octanol–water partition coefficient (Wildman–Crippen LogP) is 4.29. The first-order valence-electron chi connectivity index (χ1n) is 9.24. The van der Waals surface area contributed by atoms with Gasteiger partial charge in [0.15, 0.2) is 6.61 Å². The van der Waals surface area contributed by atoms with Crippen molar-refractivity contribution in [3.05, 3.63) is 65.5 Å². The number of hydrogen-bond acceptors (Lipinski definition) is 7. The zero-order chi connectivity index (χ0) is 23.3. The Morgan fingerprint density at radius 2 is 1.78 bits per heavy atom. The van der Waals surface area contributed by atoms with Gasteiger partial charge in [0.1, 0.15) is 0 Å². The Balaban J connectivity index is 1.63. The number of hydrogen-bond donors (Lipinski definition) is 0. The highest BCUT2D eigenvalue weighted by Crippen LogP contribution is 2.30. The highest BCUT2D eigenvalue weighted by atomic mass is 32.2. The monoisotopic (exact) mass is 465 g/mol. The fraction of sp³-hybridized carbons (Fsp3) is 0.238. The summed E-state index contributed by atoms with van der Waals surface area (Å²) < 4.78 is 48.3. The van der Waals surface area contributed by atoms with Gasteiger partial charge in [-0.3, -0.25) is 4.79 Å². The molecule has 0 aliphatic heterocycles. The summed E-state index contributed by atoms with van der Waals surface area (Å²) >= 11 is 1.21. The van der Waals surface area contributed by atoms with Gasteiger partial charge in [-0.15, -0.1) is 11.8 Å². The van der Waals surface area contributed by atoms with Crippen LogP contribution in [0.1, 0.15) is 21.8 Å². The number of halogens is 3. The molecule has 1 amide bonds. The topological polar surface area (TPSA) is 85.5 Å². The van der Waals surface area contributed by atoms with Gasteiger partial charge in [-0.05, 0) is 24.3 Å². The standard InChI is InChI=1S/C21H18F3N3O4S/c1-27(2)18(28)12-32-16-6-4-3-5-15(16)20(29)30-11-17-25-19(26-31-17)13-7-9-14(10-8-13)21(22,23)24/h3-10H,11-12H2,1-2H3. The molecule has 3 aromatic rings. The third-order valence-corrected chi connectivity index (χ3v) is 5.28. The van der Waals surface area contributed by atoms with Crippen LogP contribution in [0.15, 0.2) is 57.9 Å². The average molecular weight is 465 g/mol. The van der Waals surface area contributed by atoms with Crippen LogP contribution in [-0.2, 0) is 22.3 Å². The fourth-order valence-electron chi connectivity index (χ4n) is 2.47. The van der Waals surface area contributed by atoms with Crippen molar-refractivity contribution in [2.45, 2.75) is 17.7 Å². The maximum Gasteiger partial charge on any atom is 0.416 e. The Hall–Kier alpha value is -3.34. The van der Waals surface area contributed by atoms with E-state index in [0.29, 0.717) is 10.5 Å². The highest BCUT2D eigenvalue weighted by Gasteiger charge is 2.30. The molecule has 0 N–H and O–H groups in total. The minimum absolute atomic E-state index is 0.0128. The van der Waals surface area contributed by atoms with E-state index in [0.717, 1.165) is 12.1 Å². The van der Waals surface area contributed by atoms with E-state index < -0.39 is 17.7 Å². The molecule has 2 aromatic carbocycles. The zero-order valence-electron chi connectivity index (χ0n) is 17.0. The van der Waals surface area contributed by atoms with Crippen LogP contribution in [0.4, 0.5) is 13.2 Å². The van der Waals surface area contributed by atoms with Gasteiger partial charge in [0.2, 0.25) is 11.7 Å². The lowest BCUT2D eigenvalue weighted by Crippen LogP contribution is -2.23. The van der Waals surface area contributed by atoms with Gasteiger partial charge in [0.05, 0.1) is 16.9 Å². The van der Waals surface area contributed by atoms with E-state index in [2.05, 4.69) is 10.1 Å². The fourth-order valence-corrected chi connectivity index (χ4v) is 3.49. The first-order chi connectivity index (χ1) is 15.1. The van der Waals surface area contributed by atoms with Crippen LogP contribution >= 0.6 is 11.8 Å². The Labute approximate surface area is 185 Å². The molecule has 1 heterocycles. The number of rotatable bonds is 7. The van der Waals surface area contributed by atoms with E-state index in [-0.39, 0.29) is 35.5 Å². The molecule has 0 fully saturated rings. The summed E-state index contributed by atoms with van der Waals surface area (Å²) in [5, 5.41) is 3.71. The van der Waals surface area contributed by atoms with Crippen molar-refractivity contribution in [2.24, 2.45) is 0 Å². The highest BCUT2D eigenvalue weighted by molar-refractivity contribution is 8.00. The number of carbonyl (C=O) groups is 2. The molecule has 11 heteroatoms. The van der Waals surface area contributed by atoms with Crippen LogP contribution in [0.25, 0.3) is 11.4 Å². The molecule has 0 unspecified atom stereocenters. The molecule has 168 valence electrons. The van der Waals surface area contributed by atoms with Gasteiger partial charge in [-0.2, -0.15) is 18.2 Å². The zero-order valence-corrected chi connectivity index (χ0v) is 17.9. The molecule has 3 rings (SSSR count). The van der Waals surface area contributed by atoms with E-state index in [9.17, 15) is 22.8 Å². The number of ether oxygens (including phenoxy) is 1.